The standard InChI is InChI=1S/C21H19ClF2N4O2/c22-15-9-13(3-4-16(15)24)18-19-21(30)27(11-17(29)26-6-5-14(23)10-26)7-8-28(19)20(25-18)12-1-2-12/h3-4,7-9,12,14H,1-2,5-6,10-11H2. The summed E-state index contributed by atoms with van der Waals surface area (Å²) in [7, 11) is 0. The number of carbonyl (C=O) groups excluding carboxylic acids is 1. The molecule has 1 aliphatic carbocycles. The lowest BCUT2D eigenvalue weighted by Crippen LogP contribution is -2.35. The van der Waals surface area contributed by atoms with E-state index in [1.165, 1.54) is 27.7 Å². The van der Waals surface area contributed by atoms with Crippen LogP contribution in [0.15, 0.2) is 35.4 Å². The lowest BCUT2D eigenvalue weighted by molar-refractivity contribution is -0.131. The summed E-state index contributed by atoms with van der Waals surface area (Å²) < 4.78 is 30.1. The first kappa shape index (κ1) is 19.2. The number of alkyl halides is 1. The number of nitrogens with zero attached hydrogens (tertiary/aromatic N) is 4. The Morgan fingerprint density at radius 2 is 2.03 bits per heavy atom. The molecule has 30 heavy (non-hydrogen) atoms. The van der Waals surface area contributed by atoms with Crippen molar-refractivity contribution in [1.29, 1.82) is 0 Å². The van der Waals surface area contributed by atoms with E-state index in [0.717, 1.165) is 18.7 Å². The maximum absolute atomic E-state index is 13.6. The van der Waals surface area contributed by atoms with Crippen molar-refractivity contribution in [2.75, 3.05) is 13.1 Å². The predicted molar refractivity (Wildman–Crippen MR) is 108 cm³/mol. The Morgan fingerprint density at radius 3 is 2.70 bits per heavy atom. The molecule has 2 aliphatic rings. The fourth-order valence-electron chi connectivity index (χ4n) is 3.94. The van der Waals surface area contributed by atoms with Crippen molar-refractivity contribution in [1.82, 2.24) is 18.9 Å². The van der Waals surface area contributed by atoms with Crippen LogP contribution < -0.4 is 5.56 Å². The first-order chi connectivity index (χ1) is 14.4. The monoisotopic (exact) mass is 432 g/mol. The van der Waals surface area contributed by atoms with Gasteiger partial charge in [0.25, 0.3) is 5.56 Å². The highest BCUT2D eigenvalue weighted by Crippen LogP contribution is 2.41. The molecule has 1 unspecified atom stereocenters. The van der Waals surface area contributed by atoms with Crippen LogP contribution in [0.2, 0.25) is 5.02 Å². The van der Waals surface area contributed by atoms with Gasteiger partial charge in [0.1, 0.15) is 35.6 Å². The Hall–Kier alpha value is -2.74. The molecule has 1 amide bonds. The van der Waals surface area contributed by atoms with Crippen molar-refractivity contribution in [2.24, 2.45) is 0 Å². The molecule has 9 heteroatoms. The molecular weight excluding hydrogens is 414 g/mol. The Morgan fingerprint density at radius 1 is 1.23 bits per heavy atom. The quantitative estimate of drug-likeness (QED) is 0.635. The highest BCUT2D eigenvalue weighted by atomic mass is 35.5. The highest BCUT2D eigenvalue weighted by Gasteiger charge is 2.31. The van der Waals surface area contributed by atoms with Crippen molar-refractivity contribution in [3.05, 3.63) is 57.6 Å². The summed E-state index contributed by atoms with van der Waals surface area (Å²) in [6.07, 6.45) is 4.57. The van der Waals surface area contributed by atoms with Gasteiger partial charge in [0.15, 0.2) is 0 Å². The molecule has 0 N–H and O–H groups in total. The molecule has 156 valence electrons. The lowest BCUT2D eigenvalue weighted by atomic mass is 10.1. The number of hydrogen-bond acceptors (Lipinski definition) is 3. The normalized spacial score (nSPS) is 19.0. The van der Waals surface area contributed by atoms with Gasteiger partial charge in [0.2, 0.25) is 5.91 Å². The van der Waals surface area contributed by atoms with E-state index in [4.69, 9.17) is 11.6 Å². The van der Waals surface area contributed by atoms with Crippen LogP contribution >= 0.6 is 11.6 Å². The molecule has 1 aromatic carbocycles. The van der Waals surface area contributed by atoms with Crippen molar-refractivity contribution in [2.45, 2.75) is 37.9 Å². The van der Waals surface area contributed by atoms with Crippen molar-refractivity contribution >= 4 is 23.0 Å². The average molecular weight is 433 g/mol. The minimum Gasteiger partial charge on any atom is -0.338 e. The number of amides is 1. The maximum atomic E-state index is 13.6. The zero-order valence-corrected chi connectivity index (χ0v) is 16.8. The smallest absolute Gasteiger partial charge is 0.277 e. The molecule has 1 saturated heterocycles. The number of imidazole rings is 1. The van der Waals surface area contributed by atoms with E-state index in [9.17, 15) is 18.4 Å². The van der Waals surface area contributed by atoms with E-state index in [1.807, 2.05) is 0 Å². The molecular formula is C21H19ClF2N4O2. The first-order valence-electron chi connectivity index (χ1n) is 9.91. The second kappa shape index (κ2) is 7.19. The van der Waals surface area contributed by atoms with E-state index in [0.29, 0.717) is 29.7 Å². The lowest BCUT2D eigenvalue weighted by Gasteiger charge is -2.16. The molecule has 1 saturated carbocycles. The minimum absolute atomic E-state index is 0.0529. The van der Waals surface area contributed by atoms with Crippen LogP contribution in [0.1, 0.15) is 31.0 Å². The summed E-state index contributed by atoms with van der Waals surface area (Å²) in [6, 6.07) is 4.22. The van der Waals surface area contributed by atoms with Gasteiger partial charge in [0, 0.05) is 30.4 Å². The van der Waals surface area contributed by atoms with Gasteiger partial charge >= 0.3 is 0 Å². The second-order valence-corrected chi connectivity index (χ2v) is 8.30. The van der Waals surface area contributed by atoms with Gasteiger partial charge in [-0.3, -0.25) is 14.0 Å². The zero-order valence-electron chi connectivity index (χ0n) is 16.0. The molecule has 1 aliphatic heterocycles. The summed E-state index contributed by atoms with van der Waals surface area (Å²) >= 11 is 5.95. The van der Waals surface area contributed by atoms with Crippen molar-refractivity contribution < 1.29 is 13.6 Å². The zero-order chi connectivity index (χ0) is 21.0. The summed E-state index contributed by atoms with van der Waals surface area (Å²) in [5, 5.41) is -0.0529. The van der Waals surface area contributed by atoms with E-state index in [-0.39, 0.29) is 35.5 Å². The van der Waals surface area contributed by atoms with Gasteiger partial charge in [0.05, 0.1) is 11.6 Å². The Labute approximate surface area is 175 Å². The third-order valence-electron chi connectivity index (χ3n) is 5.72. The number of likely N-dealkylation sites (tertiary alicyclic amines) is 1. The Kier molecular flexibility index (Phi) is 4.61. The fourth-order valence-corrected chi connectivity index (χ4v) is 4.13. The highest BCUT2D eigenvalue weighted by molar-refractivity contribution is 6.31. The predicted octanol–water partition coefficient (Wildman–Crippen LogP) is 3.40. The van der Waals surface area contributed by atoms with Gasteiger partial charge in [-0.2, -0.15) is 0 Å². The molecule has 3 aromatic rings. The largest absolute Gasteiger partial charge is 0.338 e. The number of carbonyl (C=O) groups is 1. The number of aromatic nitrogens is 3. The van der Waals surface area contributed by atoms with Gasteiger partial charge in [-0.25, -0.2) is 13.8 Å². The number of hydrogen-bond donors (Lipinski definition) is 0. The first-order valence-corrected chi connectivity index (χ1v) is 10.3. The minimum atomic E-state index is -1.01. The summed E-state index contributed by atoms with van der Waals surface area (Å²) in [5.41, 5.74) is 0.888. The van der Waals surface area contributed by atoms with Gasteiger partial charge in [-0.15, -0.1) is 0 Å². The van der Waals surface area contributed by atoms with E-state index < -0.39 is 12.0 Å². The number of fused-ring (bicyclic) bond motifs is 1. The topological polar surface area (TPSA) is 59.6 Å². The fraction of sp³-hybridized carbons (Fsp3) is 0.381. The molecule has 5 rings (SSSR count). The van der Waals surface area contributed by atoms with Crippen LogP contribution in [-0.2, 0) is 11.3 Å². The second-order valence-electron chi connectivity index (χ2n) is 7.90. The average Bonchev–Trinajstić information content (AvgIpc) is 3.35. The molecule has 2 fully saturated rings. The number of rotatable bonds is 4. The Balaban J connectivity index is 1.60. The van der Waals surface area contributed by atoms with Crippen LogP contribution in [0.3, 0.4) is 0 Å². The van der Waals surface area contributed by atoms with Crippen LogP contribution in [0, 0.1) is 5.82 Å². The van der Waals surface area contributed by atoms with Crippen LogP contribution in [0.5, 0.6) is 0 Å². The number of halogens is 3. The third-order valence-corrected chi connectivity index (χ3v) is 6.01. The van der Waals surface area contributed by atoms with Crippen LogP contribution in [0.4, 0.5) is 8.78 Å². The summed E-state index contributed by atoms with van der Waals surface area (Å²) in [6.45, 7) is 0.248. The molecule has 2 aromatic heterocycles. The van der Waals surface area contributed by atoms with Gasteiger partial charge in [-0.1, -0.05) is 11.6 Å². The van der Waals surface area contributed by atoms with Gasteiger partial charge < -0.3 is 9.47 Å². The molecule has 1 atom stereocenters. The van der Waals surface area contributed by atoms with E-state index >= 15 is 0 Å². The molecule has 0 bridgehead atoms. The number of benzene rings is 1. The van der Waals surface area contributed by atoms with Crippen molar-refractivity contribution in [3.8, 4) is 11.3 Å². The van der Waals surface area contributed by atoms with Crippen LogP contribution in [0.25, 0.3) is 16.8 Å². The van der Waals surface area contributed by atoms with E-state index in [1.54, 1.807) is 16.8 Å². The van der Waals surface area contributed by atoms with Crippen LogP contribution in [-0.4, -0.2) is 44.0 Å². The Bertz CT molecular complexity index is 1220. The molecule has 0 spiro atoms. The SMILES string of the molecule is O=C(Cn1ccn2c(C3CC3)nc(-c3ccc(F)c(Cl)c3)c2c1=O)N1CCC(F)C1. The molecule has 3 heterocycles. The third kappa shape index (κ3) is 3.29. The van der Waals surface area contributed by atoms with E-state index in [2.05, 4.69) is 4.98 Å². The summed E-state index contributed by atoms with van der Waals surface area (Å²) in [4.78, 5) is 31.9. The maximum Gasteiger partial charge on any atom is 0.277 e. The summed E-state index contributed by atoms with van der Waals surface area (Å²) in [5.74, 6) is 0.196. The van der Waals surface area contributed by atoms with Crippen molar-refractivity contribution in [3.63, 3.8) is 0 Å². The van der Waals surface area contributed by atoms with Gasteiger partial charge in [-0.05, 0) is 37.5 Å². The molecule has 0 radical (unpaired) electrons. The molecule has 6 nitrogen and oxygen atoms in total.